The Hall–Kier alpha value is -5.39. The van der Waals surface area contributed by atoms with Crippen molar-refractivity contribution >= 4 is 47.0 Å². The van der Waals surface area contributed by atoms with Crippen molar-refractivity contribution in [3.8, 4) is 11.8 Å². The van der Waals surface area contributed by atoms with Crippen molar-refractivity contribution in [1.82, 2.24) is 30.6 Å². The molecule has 1 aromatic heterocycles. The molecule has 1 unspecified atom stereocenters. The molecule has 7 rings (SSSR count). The van der Waals surface area contributed by atoms with Crippen molar-refractivity contribution in [3.05, 3.63) is 81.5 Å². The lowest BCUT2D eigenvalue weighted by atomic mass is 9.93. The van der Waals surface area contributed by atoms with Crippen LogP contribution in [-0.4, -0.2) is 93.9 Å². The first-order chi connectivity index (χ1) is 24.7. The minimum Gasteiger partial charge on any atom is -0.490 e. The number of piperazine rings is 1. The van der Waals surface area contributed by atoms with Gasteiger partial charge in [0.15, 0.2) is 11.5 Å². The van der Waals surface area contributed by atoms with Crippen molar-refractivity contribution in [2.75, 3.05) is 31.1 Å². The maximum absolute atomic E-state index is 13.2. The average molecular weight is 711 g/mol. The van der Waals surface area contributed by atoms with Gasteiger partial charge in [0.05, 0.1) is 27.8 Å². The largest absolute Gasteiger partial charge is 0.490 e. The highest BCUT2D eigenvalue weighted by atomic mass is 35.5. The Morgan fingerprint density at radius 1 is 0.922 bits per heavy atom. The molecule has 2 saturated heterocycles. The zero-order chi connectivity index (χ0) is 35.6. The second-order valence-corrected chi connectivity index (χ2v) is 13.6. The lowest BCUT2D eigenvalue weighted by molar-refractivity contribution is -0.136. The molecule has 0 radical (unpaired) electrons. The number of imide groups is 2. The number of benzene rings is 2. The highest BCUT2D eigenvalue weighted by molar-refractivity contribution is 6.31. The van der Waals surface area contributed by atoms with E-state index in [2.05, 4.69) is 30.6 Å². The van der Waals surface area contributed by atoms with Crippen LogP contribution in [-0.2, 0) is 16.1 Å². The molecule has 14 nitrogen and oxygen atoms in total. The standard InChI is InChI=1S/C36H35ClN8O6/c37-28-18-25(5-2-22(28)19-38)51-24-6-3-23(4-7-24)39-33(47)29-9-11-31(42-41-29)44-15-13-43(14-16-44)20-21-1-8-26-27(17-21)36(50)45(35(26)49)30-10-12-32(46)40-34(30)48/h1-2,5,8-9,11,17-18,23-24,30H,3-4,6-7,10,12-16,20H2,(H,39,47)(H,40,46,48). The molecular weight excluding hydrogens is 676 g/mol. The van der Waals surface area contributed by atoms with Crippen LogP contribution in [0.15, 0.2) is 48.5 Å². The maximum Gasteiger partial charge on any atom is 0.272 e. The van der Waals surface area contributed by atoms with Crippen molar-refractivity contribution in [2.24, 2.45) is 0 Å². The summed E-state index contributed by atoms with van der Waals surface area (Å²) >= 11 is 6.12. The number of ether oxygens (including phenoxy) is 1. The first-order valence-corrected chi connectivity index (χ1v) is 17.4. The van der Waals surface area contributed by atoms with Crippen molar-refractivity contribution in [3.63, 3.8) is 0 Å². The molecule has 3 aliphatic heterocycles. The smallest absolute Gasteiger partial charge is 0.272 e. The highest BCUT2D eigenvalue weighted by Gasteiger charge is 2.44. The van der Waals surface area contributed by atoms with Gasteiger partial charge in [-0.2, -0.15) is 5.26 Å². The normalized spacial score (nSPS) is 22.3. The van der Waals surface area contributed by atoms with Gasteiger partial charge in [-0.15, -0.1) is 10.2 Å². The number of hydrogen-bond acceptors (Lipinski definition) is 11. The first-order valence-electron chi connectivity index (χ1n) is 17.0. The van der Waals surface area contributed by atoms with Crippen molar-refractivity contribution < 1.29 is 28.7 Å². The maximum atomic E-state index is 13.2. The van der Waals surface area contributed by atoms with Crippen LogP contribution in [0.25, 0.3) is 0 Å². The fourth-order valence-electron chi connectivity index (χ4n) is 7.06. The minimum absolute atomic E-state index is 0.00259. The number of nitriles is 1. The summed E-state index contributed by atoms with van der Waals surface area (Å²) in [5.74, 6) is -1.03. The molecule has 2 N–H and O–H groups in total. The molecule has 262 valence electrons. The zero-order valence-corrected chi connectivity index (χ0v) is 28.4. The predicted molar refractivity (Wildman–Crippen MR) is 183 cm³/mol. The summed E-state index contributed by atoms with van der Waals surface area (Å²) in [5, 5.41) is 23.3. The van der Waals surface area contributed by atoms with Gasteiger partial charge in [0.1, 0.15) is 17.9 Å². The van der Waals surface area contributed by atoms with E-state index in [0.29, 0.717) is 41.8 Å². The van der Waals surface area contributed by atoms with E-state index in [-0.39, 0.29) is 47.7 Å². The average Bonchev–Trinajstić information content (AvgIpc) is 3.37. The Bertz CT molecular complexity index is 1930. The van der Waals surface area contributed by atoms with E-state index in [1.54, 1.807) is 36.4 Å². The molecule has 1 aliphatic carbocycles. The third-order valence-electron chi connectivity index (χ3n) is 9.86. The van der Waals surface area contributed by atoms with Crippen LogP contribution < -0.4 is 20.3 Å². The van der Waals surface area contributed by atoms with Gasteiger partial charge < -0.3 is 15.0 Å². The van der Waals surface area contributed by atoms with E-state index >= 15 is 0 Å². The molecule has 2 aromatic carbocycles. The number of piperidine rings is 1. The first kappa shape index (κ1) is 34.1. The summed E-state index contributed by atoms with van der Waals surface area (Å²) in [6.07, 6.45) is 3.26. The predicted octanol–water partition coefficient (Wildman–Crippen LogP) is 2.85. The van der Waals surface area contributed by atoms with Gasteiger partial charge in [-0.25, -0.2) is 0 Å². The molecule has 0 bridgehead atoms. The molecule has 0 spiro atoms. The quantitative estimate of drug-likeness (QED) is 0.329. The Balaban J connectivity index is 0.866. The van der Waals surface area contributed by atoms with Crippen molar-refractivity contribution in [1.29, 1.82) is 5.26 Å². The lowest BCUT2D eigenvalue weighted by Gasteiger charge is -2.35. The summed E-state index contributed by atoms with van der Waals surface area (Å²) in [6, 6.07) is 14.8. The van der Waals surface area contributed by atoms with Gasteiger partial charge in [-0.1, -0.05) is 17.7 Å². The molecule has 51 heavy (non-hydrogen) atoms. The van der Waals surface area contributed by atoms with Crippen LogP contribution in [0.2, 0.25) is 5.02 Å². The number of hydrogen-bond donors (Lipinski definition) is 2. The van der Waals surface area contributed by atoms with Crippen molar-refractivity contribution in [2.45, 2.75) is 63.3 Å². The van der Waals surface area contributed by atoms with Crippen LogP contribution in [0.1, 0.15) is 80.9 Å². The van der Waals surface area contributed by atoms with Gasteiger partial charge in [-0.05, 0) is 74.1 Å². The molecule has 4 heterocycles. The van der Waals surface area contributed by atoms with Gasteiger partial charge in [0.2, 0.25) is 11.8 Å². The minimum atomic E-state index is -0.993. The number of fused-ring (bicyclic) bond motifs is 1. The van der Waals surface area contributed by atoms with Gasteiger partial charge in [0.25, 0.3) is 17.7 Å². The van der Waals surface area contributed by atoms with Crippen LogP contribution >= 0.6 is 11.6 Å². The Labute approximate surface area is 298 Å². The fraction of sp³-hybridized carbons (Fsp3) is 0.389. The molecule has 15 heteroatoms. The van der Waals surface area contributed by atoms with Gasteiger partial charge in [0, 0.05) is 51.3 Å². The number of carbonyl (C=O) groups excluding carboxylic acids is 5. The number of amides is 5. The van der Waals surface area contributed by atoms with Gasteiger partial charge >= 0.3 is 0 Å². The summed E-state index contributed by atoms with van der Waals surface area (Å²) in [6.45, 7) is 3.39. The molecule has 4 aliphatic rings. The Morgan fingerprint density at radius 3 is 2.37 bits per heavy atom. The molecule has 3 fully saturated rings. The summed E-state index contributed by atoms with van der Waals surface area (Å²) < 4.78 is 6.05. The number of nitrogens with one attached hydrogen (secondary N) is 2. The molecule has 5 amide bonds. The highest BCUT2D eigenvalue weighted by Crippen LogP contribution is 2.30. The second kappa shape index (κ2) is 14.5. The molecule has 1 saturated carbocycles. The van der Waals surface area contributed by atoms with Crippen LogP contribution in [0.5, 0.6) is 5.75 Å². The summed E-state index contributed by atoms with van der Waals surface area (Å²) in [4.78, 5) is 68.4. The van der Waals surface area contributed by atoms with Crippen LogP contribution in [0, 0.1) is 11.3 Å². The molecular formula is C36H35ClN8O6. The summed E-state index contributed by atoms with van der Waals surface area (Å²) in [7, 11) is 0. The Morgan fingerprint density at radius 2 is 1.69 bits per heavy atom. The third-order valence-corrected chi connectivity index (χ3v) is 10.2. The van der Waals surface area contributed by atoms with Gasteiger partial charge in [-0.3, -0.25) is 39.1 Å². The third kappa shape index (κ3) is 7.26. The number of nitrogens with zero attached hydrogens (tertiary/aromatic N) is 6. The van der Waals surface area contributed by atoms with Crippen LogP contribution in [0.3, 0.4) is 0 Å². The molecule has 1 atom stereocenters. The van der Waals surface area contributed by atoms with Crippen LogP contribution in [0.4, 0.5) is 5.82 Å². The molecule has 3 aromatic rings. The topological polar surface area (TPSA) is 178 Å². The SMILES string of the molecule is N#Cc1ccc(OC2CCC(NC(=O)c3ccc(N4CCN(Cc5ccc6c(c5)C(=O)N(C5CCC(=O)NC5=O)C6=O)CC4)nn3)CC2)cc1Cl. The Kier molecular flexibility index (Phi) is 9.66. The second-order valence-electron chi connectivity index (χ2n) is 13.2. The number of aromatic nitrogens is 2. The monoisotopic (exact) mass is 710 g/mol. The number of halogens is 1. The van der Waals surface area contributed by atoms with E-state index in [9.17, 15) is 24.0 Å². The number of carbonyl (C=O) groups is 5. The van der Waals surface area contributed by atoms with E-state index in [1.165, 1.54) is 0 Å². The van der Waals surface area contributed by atoms with E-state index < -0.39 is 29.7 Å². The lowest BCUT2D eigenvalue weighted by Crippen LogP contribution is -2.54. The number of anilines is 1. The zero-order valence-electron chi connectivity index (χ0n) is 27.6. The van der Waals surface area contributed by atoms with E-state index in [0.717, 1.165) is 49.2 Å². The number of rotatable bonds is 8. The fourth-order valence-corrected chi connectivity index (χ4v) is 7.27. The van der Waals surface area contributed by atoms with E-state index in [1.807, 2.05) is 18.2 Å². The van der Waals surface area contributed by atoms with E-state index in [4.69, 9.17) is 21.6 Å². The summed E-state index contributed by atoms with van der Waals surface area (Å²) in [5.41, 5.74) is 2.07.